The van der Waals surface area contributed by atoms with Crippen molar-refractivity contribution in [3.63, 3.8) is 0 Å². The lowest BCUT2D eigenvalue weighted by atomic mass is 10.4. The minimum absolute atomic E-state index is 0.0655. The van der Waals surface area contributed by atoms with E-state index in [-0.39, 0.29) is 11.5 Å². The minimum atomic E-state index is -3.48. The smallest absolute Gasteiger partial charge is 0.243 e. The Morgan fingerprint density at radius 2 is 2.05 bits per heavy atom. The van der Waals surface area contributed by atoms with Crippen LogP contribution in [0.25, 0.3) is 0 Å². The summed E-state index contributed by atoms with van der Waals surface area (Å²) in [5.41, 5.74) is 0. The van der Waals surface area contributed by atoms with Gasteiger partial charge < -0.3 is 10.0 Å². The third-order valence-electron chi connectivity index (χ3n) is 3.38. The van der Waals surface area contributed by atoms with Gasteiger partial charge in [0.05, 0.1) is 6.20 Å². The molecule has 114 valence electrons. The summed E-state index contributed by atoms with van der Waals surface area (Å²) < 4.78 is 28.3. The van der Waals surface area contributed by atoms with Crippen LogP contribution in [0.1, 0.15) is 19.3 Å². The number of likely N-dealkylation sites (tertiary alicyclic amines) is 1. The zero-order valence-electron chi connectivity index (χ0n) is 11.5. The van der Waals surface area contributed by atoms with E-state index >= 15 is 0 Å². The van der Waals surface area contributed by atoms with Crippen LogP contribution in [-0.4, -0.2) is 61.0 Å². The molecule has 0 bridgehead atoms. The summed E-state index contributed by atoms with van der Waals surface area (Å²) in [6, 6.07) is 0. The first kappa shape index (κ1) is 15.4. The van der Waals surface area contributed by atoms with E-state index in [0.717, 1.165) is 19.6 Å². The highest BCUT2D eigenvalue weighted by Crippen LogP contribution is 2.08. The van der Waals surface area contributed by atoms with Gasteiger partial charge >= 0.3 is 0 Å². The van der Waals surface area contributed by atoms with Crippen LogP contribution < -0.4 is 4.72 Å². The molecule has 1 fully saturated rings. The van der Waals surface area contributed by atoms with Crippen molar-refractivity contribution in [1.29, 1.82) is 0 Å². The molecule has 1 aliphatic heterocycles. The van der Waals surface area contributed by atoms with Crippen LogP contribution in [0.4, 0.5) is 0 Å². The summed E-state index contributed by atoms with van der Waals surface area (Å²) >= 11 is 0. The molecule has 2 N–H and O–H groups in total. The van der Waals surface area contributed by atoms with E-state index in [0.29, 0.717) is 19.5 Å². The maximum Gasteiger partial charge on any atom is 0.243 e. The Balaban J connectivity index is 1.83. The monoisotopic (exact) mass is 302 g/mol. The quantitative estimate of drug-likeness (QED) is 0.685. The van der Waals surface area contributed by atoms with Crippen LogP contribution >= 0.6 is 0 Å². The maximum absolute atomic E-state index is 12.1. The van der Waals surface area contributed by atoms with Crippen molar-refractivity contribution in [2.75, 3.05) is 32.8 Å². The van der Waals surface area contributed by atoms with Gasteiger partial charge in [-0.25, -0.2) is 13.1 Å². The van der Waals surface area contributed by atoms with Gasteiger partial charge in [-0.1, -0.05) is 0 Å². The van der Waals surface area contributed by atoms with Crippen molar-refractivity contribution in [3.05, 3.63) is 12.4 Å². The lowest BCUT2D eigenvalue weighted by Gasteiger charge is -2.14. The first-order chi connectivity index (χ1) is 9.62. The van der Waals surface area contributed by atoms with Crippen molar-refractivity contribution >= 4 is 10.0 Å². The largest absolute Gasteiger partial charge is 0.396 e. The molecule has 1 saturated heterocycles. The van der Waals surface area contributed by atoms with Crippen molar-refractivity contribution in [2.45, 2.75) is 30.7 Å². The van der Waals surface area contributed by atoms with E-state index in [1.807, 2.05) is 0 Å². The Hall–Kier alpha value is -0.960. The van der Waals surface area contributed by atoms with E-state index in [1.54, 1.807) is 0 Å². The first-order valence-electron chi connectivity index (χ1n) is 6.97. The van der Waals surface area contributed by atoms with E-state index in [1.165, 1.54) is 29.9 Å². The highest BCUT2D eigenvalue weighted by atomic mass is 32.2. The molecule has 0 aromatic carbocycles. The molecule has 0 unspecified atom stereocenters. The Morgan fingerprint density at radius 3 is 2.75 bits per heavy atom. The first-order valence-corrected chi connectivity index (χ1v) is 8.45. The van der Waals surface area contributed by atoms with Crippen LogP contribution in [0.3, 0.4) is 0 Å². The SMILES string of the molecule is O=S(=O)(NCCN1CCCC1)c1cnn(CCCO)c1. The van der Waals surface area contributed by atoms with Gasteiger partial charge in [-0.3, -0.25) is 4.68 Å². The van der Waals surface area contributed by atoms with Crippen molar-refractivity contribution in [3.8, 4) is 0 Å². The number of aromatic nitrogens is 2. The van der Waals surface area contributed by atoms with Crippen molar-refractivity contribution < 1.29 is 13.5 Å². The van der Waals surface area contributed by atoms with E-state index in [2.05, 4.69) is 14.7 Å². The topological polar surface area (TPSA) is 87.5 Å². The molecule has 0 amide bonds. The van der Waals surface area contributed by atoms with Crippen LogP contribution in [0.5, 0.6) is 0 Å². The molecule has 20 heavy (non-hydrogen) atoms. The molecule has 2 rings (SSSR count). The third kappa shape index (κ3) is 4.27. The Kier molecular flexibility index (Phi) is 5.53. The second kappa shape index (κ2) is 7.16. The number of sulfonamides is 1. The summed E-state index contributed by atoms with van der Waals surface area (Å²) in [5, 5.41) is 12.7. The fourth-order valence-corrected chi connectivity index (χ4v) is 3.24. The molecule has 0 saturated carbocycles. The standard InChI is InChI=1S/C12H22N4O3S/c17-9-3-7-16-11-12(10-13-16)20(18,19)14-4-8-15-5-1-2-6-15/h10-11,14,17H,1-9H2. The number of nitrogens with one attached hydrogen (secondary N) is 1. The summed E-state index contributed by atoms with van der Waals surface area (Å²) in [6.45, 7) is 3.86. The number of aliphatic hydroxyl groups is 1. The van der Waals surface area contributed by atoms with E-state index in [9.17, 15) is 8.42 Å². The number of hydrogen-bond acceptors (Lipinski definition) is 5. The maximum atomic E-state index is 12.1. The molecular weight excluding hydrogens is 280 g/mol. The average molecular weight is 302 g/mol. The molecule has 0 radical (unpaired) electrons. The minimum Gasteiger partial charge on any atom is -0.396 e. The number of aryl methyl sites for hydroxylation is 1. The normalized spacial score (nSPS) is 16.9. The summed E-state index contributed by atoms with van der Waals surface area (Å²) in [6.07, 6.45) is 5.79. The summed E-state index contributed by atoms with van der Waals surface area (Å²) in [7, 11) is -3.48. The van der Waals surface area contributed by atoms with Gasteiger partial charge in [-0.15, -0.1) is 0 Å². The molecule has 2 heterocycles. The fourth-order valence-electron chi connectivity index (χ4n) is 2.27. The second-order valence-corrected chi connectivity index (χ2v) is 6.73. The van der Waals surface area contributed by atoms with Crippen molar-refractivity contribution in [1.82, 2.24) is 19.4 Å². The van der Waals surface area contributed by atoms with Crippen LogP contribution in [0.15, 0.2) is 17.3 Å². The van der Waals surface area contributed by atoms with Gasteiger partial charge in [0.2, 0.25) is 10.0 Å². The summed E-state index contributed by atoms with van der Waals surface area (Å²) in [4.78, 5) is 2.43. The second-order valence-electron chi connectivity index (χ2n) is 4.96. The number of nitrogens with zero attached hydrogens (tertiary/aromatic N) is 3. The van der Waals surface area contributed by atoms with Crippen LogP contribution in [-0.2, 0) is 16.6 Å². The van der Waals surface area contributed by atoms with Gasteiger partial charge in [-0.2, -0.15) is 5.10 Å². The number of rotatable bonds is 8. The highest BCUT2D eigenvalue weighted by Gasteiger charge is 2.17. The number of aliphatic hydroxyl groups excluding tert-OH is 1. The van der Waals surface area contributed by atoms with Gasteiger partial charge in [0, 0.05) is 32.4 Å². The third-order valence-corrected chi connectivity index (χ3v) is 4.80. The molecule has 1 aliphatic rings. The summed E-state index contributed by atoms with van der Waals surface area (Å²) in [5.74, 6) is 0. The molecule has 1 aromatic heterocycles. The lowest BCUT2D eigenvalue weighted by molar-refractivity contribution is 0.277. The lowest BCUT2D eigenvalue weighted by Crippen LogP contribution is -2.33. The van der Waals surface area contributed by atoms with Gasteiger partial charge in [-0.05, 0) is 32.4 Å². The highest BCUT2D eigenvalue weighted by molar-refractivity contribution is 7.89. The molecule has 1 aromatic rings. The molecule has 0 atom stereocenters. The molecular formula is C12H22N4O3S. The van der Waals surface area contributed by atoms with Crippen LogP contribution in [0.2, 0.25) is 0 Å². The molecule has 0 spiro atoms. The number of hydrogen-bond donors (Lipinski definition) is 2. The van der Waals surface area contributed by atoms with E-state index in [4.69, 9.17) is 5.11 Å². The molecule has 7 nitrogen and oxygen atoms in total. The molecule has 8 heteroatoms. The molecule has 0 aliphatic carbocycles. The van der Waals surface area contributed by atoms with Gasteiger partial charge in [0.1, 0.15) is 4.90 Å². The Morgan fingerprint density at radius 1 is 1.30 bits per heavy atom. The van der Waals surface area contributed by atoms with E-state index < -0.39 is 10.0 Å². The fraction of sp³-hybridized carbons (Fsp3) is 0.750. The van der Waals surface area contributed by atoms with Gasteiger partial charge in [0.25, 0.3) is 0 Å². The average Bonchev–Trinajstić information content (AvgIpc) is 3.07. The predicted molar refractivity (Wildman–Crippen MR) is 74.8 cm³/mol. The predicted octanol–water partition coefficient (Wildman–Crippen LogP) is -0.360. The van der Waals surface area contributed by atoms with Crippen molar-refractivity contribution in [2.24, 2.45) is 0 Å². The zero-order valence-corrected chi connectivity index (χ0v) is 12.3. The zero-order chi connectivity index (χ0) is 14.4. The van der Waals surface area contributed by atoms with Gasteiger partial charge in [0.15, 0.2) is 0 Å². The Bertz CT molecular complexity index is 509. The Labute approximate surface area is 119 Å². The van der Waals surface area contributed by atoms with Crippen LogP contribution in [0, 0.1) is 0 Å².